The number of rotatable bonds is 1. The van der Waals surface area contributed by atoms with Crippen LogP contribution in [0.4, 0.5) is 11.8 Å². The van der Waals surface area contributed by atoms with Gasteiger partial charge in [0.15, 0.2) is 0 Å². The van der Waals surface area contributed by atoms with Crippen molar-refractivity contribution in [3.8, 4) is 11.3 Å². The maximum atomic E-state index is 6.38. The van der Waals surface area contributed by atoms with Gasteiger partial charge in [0.1, 0.15) is 5.82 Å². The summed E-state index contributed by atoms with van der Waals surface area (Å²) >= 11 is 0. The summed E-state index contributed by atoms with van der Waals surface area (Å²) < 4.78 is 0. The summed E-state index contributed by atoms with van der Waals surface area (Å²) in [6, 6.07) is 8.52. The molecule has 4 N–H and O–H groups in total. The van der Waals surface area contributed by atoms with Crippen molar-refractivity contribution < 1.29 is 0 Å². The number of aromatic nitrogens is 2. The van der Waals surface area contributed by atoms with Crippen LogP contribution in [-0.2, 0) is 12.8 Å². The highest BCUT2D eigenvalue weighted by atomic mass is 15.3. The predicted molar refractivity (Wildman–Crippen MR) is 91.1 cm³/mol. The molecule has 0 spiro atoms. The van der Waals surface area contributed by atoms with Gasteiger partial charge in [0, 0.05) is 29.8 Å². The average molecular weight is 307 g/mol. The van der Waals surface area contributed by atoms with Gasteiger partial charge in [-0.2, -0.15) is 4.98 Å². The Balaban J connectivity index is 1.66. The van der Waals surface area contributed by atoms with Crippen LogP contribution in [0.5, 0.6) is 0 Å². The summed E-state index contributed by atoms with van der Waals surface area (Å²) in [4.78, 5) is 11.5. The zero-order valence-electron chi connectivity index (χ0n) is 13.1. The Morgan fingerprint density at radius 2 is 2.04 bits per heavy atom. The molecule has 2 fully saturated rings. The highest BCUT2D eigenvalue weighted by Crippen LogP contribution is 2.49. The molecule has 0 amide bonds. The van der Waals surface area contributed by atoms with Crippen molar-refractivity contribution in [2.24, 2.45) is 11.7 Å². The van der Waals surface area contributed by atoms with Crippen LogP contribution in [-0.4, -0.2) is 28.6 Å². The second-order valence-corrected chi connectivity index (χ2v) is 7.26. The number of nitrogen functional groups attached to an aromatic ring is 1. The minimum atomic E-state index is 0.00916. The van der Waals surface area contributed by atoms with Crippen LogP contribution in [0.25, 0.3) is 11.3 Å². The third-order valence-electron chi connectivity index (χ3n) is 5.65. The molecule has 1 aromatic carbocycles. The molecule has 1 aliphatic heterocycles. The summed E-state index contributed by atoms with van der Waals surface area (Å²) in [7, 11) is 0. The SMILES string of the molecule is Nc1nc2c(c(N3CC4C[C@@]4(N)C3)n1)CCCc1ccccc1-2. The largest absolute Gasteiger partial charge is 0.368 e. The molecule has 5 rings (SSSR count). The lowest BCUT2D eigenvalue weighted by atomic mass is 10.0. The number of nitrogens with two attached hydrogens (primary N) is 2. The fourth-order valence-corrected chi connectivity index (χ4v) is 4.32. The van der Waals surface area contributed by atoms with Crippen molar-refractivity contribution in [2.45, 2.75) is 31.2 Å². The van der Waals surface area contributed by atoms with Gasteiger partial charge < -0.3 is 16.4 Å². The molecule has 1 saturated heterocycles. The Morgan fingerprint density at radius 3 is 2.87 bits per heavy atom. The topological polar surface area (TPSA) is 81.1 Å². The fraction of sp³-hybridized carbons (Fsp3) is 0.444. The number of piperidine rings is 1. The molecule has 5 nitrogen and oxygen atoms in total. The number of anilines is 2. The lowest BCUT2D eigenvalue weighted by Crippen LogP contribution is -2.34. The van der Waals surface area contributed by atoms with Crippen LogP contribution in [0.3, 0.4) is 0 Å². The lowest BCUT2D eigenvalue weighted by molar-refractivity contribution is 0.693. The van der Waals surface area contributed by atoms with E-state index in [-0.39, 0.29) is 5.54 Å². The third kappa shape index (κ3) is 1.96. The molecular formula is C18H21N5. The fourth-order valence-electron chi connectivity index (χ4n) is 4.32. The highest BCUT2D eigenvalue weighted by Gasteiger charge is 2.57. The van der Waals surface area contributed by atoms with E-state index < -0.39 is 0 Å². The van der Waals surface area contributed by atoms with Gasteiger partial charge in [0.2, 0.25) is 5.95 Å². The van der Waals surface area contributed by atoms with Crippen LogP contribution in [0.1, 0.15) is 24.0 Å². The summed E-state index contributed by atoms with van der Waals surface area (Å²) in [5.74, 6) is 2.00. The first-order valence-corrected chi connectivity index (χ1v) is 8.42. The first-order chi connectivity index (χ1) is 11.1. The van der Waals surface area contributed by atoms with Gasteiger partial charge in [-0.15, -0.1) is 0 Å². The molecule has 5 heteroatoms. The molecule has 2 aliphatic carbocycles. The van der Waals surface area contributed by atoms with E-state index in [1.807, 2.05) is 0 Å². The van der Waals surface area contributed by atoms with Gasteiger partial charge in [-0.25, -0.2) is 4.98 Å². The van der Waals surface area contributed by atoms with E-state index in [9.17, 15) is 0 Å². The monoisotopic (exact) mass is 307 g/mol. The van der Waals surface area contributed by atoms with Gasteiger partial charge in [-0.05, 0) is 37.2 Å². The summed E-state index contributed by atoms with van der Waals surface area (Å²) in [6.45, 7) is 1.89. The van der Waals surface area contributed by atoms with Crippen molar-refractivity contribution in [2.75, 3.05) is 23.7 Å². The molecule has 23 heavy (non-hydrogen) atoms. The van der Waals surface area contributed by atoms with Crippen molar-refractivity contribution in [1.82, 2.24) is 9.97 Å². The van der Waals surface area contributed by atoms with E-state index in [2.05, 4.69) is 39.1 Å². The van der Waals surface area contributed by atoms with Crippen LogP contribution in [0.2, 0.25) is 0 Å². The van der Waals surface area contributed by atoms with Crippen molar-refractivity contribution in [3.63, 3.8) is 0 Å². The van der Waals surface area contributed by atoms with E-state index in [4.69, 9.17) is 11.5 Å². The first-order valence-electron chi connectivity index (χ1n) is 8.42. The average Bonchev–Trinajstić information content (AvgIpc) is 3.12. The summed E-state index contributed by atoms with van der Waals surface area (Å²) in [5.41, 5.74) is 17.3. The minimum absolute atomic E-state index is 0.00916. The van der Waals surface area contributed by atoms with E-state index in [1.165, 1.54) is 16.7 Å². The molecule has 1 unspecified atom stereocenters. The van der Waals surface area contributed by atoms with Crippen LogP contribution < -0.4 is 16.4 Å². The Labute approximate surface area is 135 Å². The van der Waals surface area contributed by atoms with Gasteiger partial charge in [-0.1, -0.05) is 24.3 Å². The van der Waals surface area contributed by atoms with Crippen molar-refractivity contribution in [3.05, 3.63) is 35.4 Å². The van der Waals surface area contributed by atoms with Gasteiger partial charge in [-0.3, -0.25) is 0 Å². The Morgan fingerprint density at radius 1 is 1.17 bits per heavy atom. The lowest BCUT2D eigenvalue weighted by Gasteiger charge is -2.24. The number of fused-ring (bicyclic) bond motifs is 4. The Bertz CT molecular complexity index is 802. The molecule has 118 valence electrons. The number of hydrogen-bond acceptors (Lipinski definition) is 5. The van der Waals surface area contributed by atoms with Crippen LogP contribution in [0.15, 0.2) is 24.3 Å². The Hall–Kier alpha value is -2.14. The van der Waals surface area contributed by atoms with Gasteiger partial charge in [0.25, 0.3) is 0 Å². The second-order valence-electron chi connectivity index (χ2n) is 7.26. The minimum Gasteiger partial charge on any atom is -0.368 e. The van der Waals surface area contributed by atoms with E-state index in [0.29, 0.717) is 11.9 Å². The van der Waals surface area contributed by atoms with Crippen LogP contribution in [0, 0.1) is 5.92 Å². The third-order valence-corrected chi connectivity index (χ3v) is 5.65. The molecule has 0 bridgehead atoms. The molecule has 1 aromatic heterocycles. The van der Waals surface area contributed by atoms with E-state index >= 15 is 0 Å². The van der Waals surface area contributed by atoms with E-state index in [0.717, 1.165) is 50.3 Å². The number of aryl methyl sites for hydroxylation is 1. The standard InChI is InChI=1S/C18H21N5/c19-17-21-15-13-6-2-1-4-11(13)5-3-7-14(15)16(22-17)23-9-12-8-18(12,20)10-23/h1-2,4,6,12H,3,5,7-10,20H2,(H2,19,21,22)/t12?,18-/m1/s1. The molecule has 2 heterocycles. The molecule has 2 atom stereocenters. The molecule has 3 aliphatic rings. The number of benzene rings is 1. The molecule has 2 aromatic rings. The normalized spacial score (nSPS) is 27.9. The van der Waals surface area contributed by atoms with Crippen molar-refractivity contribution in [1.29, 1.82) is 0 Å². The van der Waals surface area contributed by atoms with Gasteiger partial charge in [0.05, 0.1) is 5.69 Å². The first kappa shape index (κ1) is 13.3. The highest BCUT2D eigenvalue weighted by molar-refractivity contribution is 5.74. The quantitative estimate of drug-likeness (QED) is 0.839. The number of hydrogen-bond donors (Lipinski definition) is 2. The van der Waals surface area contributed by atoms with Crippen LogP contribution >= 0.6 is 0 Å². The maximum absolute atomic E-state index is 6.38. The predicted octanol–water partition coefficient (Wildman–Crippen LogP) is 1.75. The summed E-state index contributed by atoms with van der Waals surface area (Å²) in [5, 5.41) is 0. The summed E-state index contributed by atoms with van der Waals surface area (Å²) in [6.07, 6.45) is 4.35. The zero-order valence-corrected chi connectivity index (χ0v) is 13.1. The Kier molecular flexibility index (Phi) is 2.57. The van der Waals surface area contributed by atoms with Crippen molar-refractivity contribution >= 4 is 11.8 Å². The van der Waals surface area contributed by atoms with E-state index in [1.54, 1.807) is 0 Å². The second kappa shape index (κ2) is 4.45. The molecular weight excluding hydrogens is 286 g/mol. The molecule has 1 saturated carbocycles. The maximum Gasteiger partial charge on any atom is 0.222 e. The zero-order chi connectivity index (χ0) is 15.6. The smallest absolute Gasteiger partial charge is 0.222 e. The molecule has 0 radical (unpaired) electrons. The van der Waals surface area contributed by atoms with Gasteiger partial charge >= 0.3 is 0 Å². The number of nitrogens with zero attached hydrogens (tertiary/aromatic N) is 3.